The summed E-state index contributed by atoms with van der Waals surface area (Å²) in [6.07, 6.45) is 1.70. The molecule has 0 aliphatic heterocycles. The maximum absolute atomic E-state index is 9.96. The number of carboxylic acid groups (broad SMARTS) is 2. The van der Waals surface area contributed by atoms with E-state index in [1.54, 1.807) is 30.3 Å². The molecule has 114 valence electrons. The van der Waals surface area contributed by atoms with Crippen molar-refractivity contribution in [3.8, 4) is 0 Å². The summed E-state index contributed by atoms with van der Waals surface area (Å²) in [6, 6.07) is 6.87. The Kier molecular flexibility index (Phi) is 8.71. The van der Waals surface area contributed by atoms with Gasteiger partial charge in [-0.15, -0.1) is 0 Å². The monoisotopic (exact) mass is 295 g/mol. The average molecular weight is 295 g/mol. The lowest BCUT2D eigenvalue weighted by Crippen LogP contribution is -2.30. The Morgan fingerprint density at radius 1 is 1.14 bits per heavy atom. The summed E-state index contributed by atoms with van der Waals surface area (Å²) < 4.78 is 0. The van der Waals surface area contributed by atoms with Crippen LogP contribution in [-0.2, 0) is 9.59 Å². The van der Waals surface area contributed by atoms with Crippen molar-refractivity contribution in [2.75, 3.05) is 20.1 Å². The second-order valence-electron chi connectivity index (χ2n) is 4.20. The first-order chi connectivity index (χ1) is 9.76. The number of carboxylic acids is 2. The highest BCUT2D eigenvalue weighted by Gasteiger charge is 2.08. The van der Waals surface area contributed by atoms with Crippen LogP contribution in [-0.4, -0.2) is 64.4 Å². The molecule has 8 heteroatoms. The van der Waals surface area contributed by atoms with Crippen molar-refractivity contribution in [2.24, 2.45) is 0 Å². The SMILES string of the molecule is C=Cc1ccc(B(O)O)cc1.CN(CC(=O)O)CC(=O)O. The lowest BCUT2D eigenvalue weighted by atomic mass is 9.80. The quantitative estimate of drug-likeness (QED) is 0.502. The number of rotatable bonds is 6. The Bertz CT molecular complexity index is 458. The molecule has 0 saturated carbocycles. The van der Waals surface area contributed by atoms with Gasteiger partial charge in [0, 0.05) is 0 Å². The van der Waals surface area contributed by atoms with E-state index >= 15 is 0 Å². The maximum atomic E-state index is 9.96. The topological polar surface area (TPSA) is 118 Å². The van der Waals surface area contributed by atoms with Gasteiger partial charge in [0.15, 0.2) is 0 Å². The van der Waals surface area contributed by atoms with Gasteiger partial charge >= 0.3 is 19.1 Å². The molecule has 1 aromatic carbocycles. The van der Waals surface area contributed by atoms with Gasteiger partial charge in [-0.3, -0.25) is 14.5 Å². The molecule has 0 spiro atoms. The Labute approximate surface area is 122 Å². The highest BCUT2D eigenvalue weighted by Crippen LogP contribution is 1.97. The van der Waals surface area contributed by atoms with E-state index in [1.165, 1.54) is 11.9 Å². The molecule has 7 nitrogen and oxygen atoms in total. The van der Waals surface area contributed by atoms with E-state index in [1.807, 2.05) is 0 Å². The van der Waals surface area contributed by atoms with Gasteiger partial charge in [0.05, 0.1) is 13.1 Å². The Balaban J connectivity index is 0.000000384. The molecule has 0 unspecified atom stereocenters. The minimum Gasteiger partial charge on any atom is -0.480 e. The number of likely N-dealkylation sites (N-methyl/N-ethyl adjacent to an activating group) is 1. The van der Waals surface area contributed by atoms with Crippen LogP contribution in [0.25, 0.3) is 6.08 Å². The van der Waals surface area contributed by atoms with E-state index in [2.05, 4.69) is 6.58 Å². The van der Waals surface area contributed by atoms with Crippen molar-refractivity contribution in [1.29, 1.82) is 0 Å². The molecule has 0 atom stereocenters. The normalized spacial score (nSPS) is 9.52. The lowest BCUT2D eigenvalue weighted by Gasteiger charge is -2.08. The summed E-state index contributed by atoms with van der Waals surface area (Å²) in [5.74, 6) is -2.05. The fourth-order valence-electron chi connectivity index (χ4n) is 1.32. The molecule has 4 N–H and O–H groups in total. The highest BCUT2D eigenvalue weighted by molar-refractivity contribution is 6.58. The van der Waals surface area contributed by atoms with Crippen molar-refractivity contribution in [1.82, 2.24) is 4.90 Å². The summed E-state index contributed by atoms with van der Waals surface area (Å²) in [5, 5.41) is 33.8. The van der Waals surface area contributed by atoms with Crippen molar-refractivity contribution >= 4 is 30.6 Å². The van der Waals surface area contributed by atoms with Crippen molar-refractivity contribution in [3.05, 3.63) is 36.4 Å². The third-order valence-corrected chi connectivity index (χ3v) is 2.28. The lowest BCUT2D eigenvalue weighted by molar-refractivity contribution is -0.141. The van der Waals surface area contributed by atoms with Crippen LogP contribution in [0.2, 0.25) is 0 Å². The number of hydrogen-bond donors (Lipinski definition) is 4. The van der Waals surface area contributed by atoms with Gasteiger partial charge in [0.25, 0.3) is 0 Å². The Hall–Kier alpha value is -2.16. The number of hydrogen-bond acceptors (Lipinski definition) is 5. The van der Waals surface area contributed by atoms with Gasteiger partial charge < -0.3 is 20.3 Å². The summed E-state index contributed by atoms with van der Waals surface area (Å²) in [5.41, 5.74) is 1.46. The Morgan fingerprint density at radius 2 is 1.57 bits per heavy atom. The Morgan fingerprint density at radius 3 is 1.86 bits per heavy atom. The van der Waals surface area contributed by atoms with Crippen LogP contribution in [0.5, 0.6) is 0 Å². The second-order valence-corrected chi connectivity index (χ2v) is 4.20. The maximum Gasteiger partial charge on any atom is 0.488 e. The van der Waals surface area contributed by atoms with E-state index in [9.17, 15) is 9.59 Å². The van der Waals surface area contributed by atoms with E-state index in [0.717, 1.165) is 5.56 Å². The van der Waals surface area contributed by atoms with Crippen molar-refractivity contribution < 1.29 is 29.9 Å². The summed E-state index contributed by atoms with van der Waals surface area (Å²) >= 11 is 0. The van der Waals surface area contributed by atoms with E-state index < -0.39 is 19.1 Å². The van der Waals surface area contributed by atoms with E-state index in [4.69, 9.17) is 20.3 Å². The zero-order chi connectivity index (χ0) is 16.4. The van der Waals surface area contributed by atoms with Gasteiger partial charge in [-0.1, -0.05) is 36.9 Å². The van der Waals surface area contributed by atoms with Crippen molar-refractivity contribution in [2.45, 2.75) is 0 Å². The van der Waals surface area contributed by atoms with Gasteiger partial charge in [-0.25, -0.2) is 0 Å². The molecule has 0 amide bonds. The zero-order valence-corrected chi connectivity index (χ0v) is 11.6. The molecular weight excluding hydrogens is 277 g/mol. The molecule has 0 saturated heterocycles. The van der Waals surface area contributed by atoms with Crippen LogP contribution in [0.15, 0.2) is 30.8 Å². The van der Waals surface area contributed by atoms with Gasteiger partial charge in [0.1, 0.15) is 0 Å². The third kappa shape index (κ3) is 9.39. The molecule has 0 heterocycles. The van der Waals surface area contributed by atoms with Crippen LogP contribution < -0.4 is 5.46 Å². The number of nitrogens with zero attached hydrogens (tertiary/aromatic N) is 1. The summed E-state index contributed by atoms with van der Waals surface area (Å²) in [6.45, 7) is 3.09. The predicted octanol–water partition coefficient (Wildman–Crippen LogP) is -0.903. The summed E-state index contributed by atoms with van der Waals surface area (Å²) in [4.78, 5) is 21.1. The van der Waals surface area contributed by atoms with Crippen LogP contribution in [0, 0.1) is 0 Å². The second kappa shape index (κ2) is 9.70. The van der Waals surface area contributed by atoms with Crippen LogP contribution in [0.4, 0.5) is 0 Å². The zero-order valence-electron chi connectivity index (χ0n) is 11.6. The first-order valence-electron chi connectivity index (χ1n) is 5.97. The fraction of sp³-hybridized carbons (Fsp3) is 0.231. The van der Waals surface area contributed by atoms with Gasteiger partial charge in [-0.2, -0.15) is 0 Å². The first kappa shape index (κ1) is 18.8. The molecule has 0 radical (unpaired) electrons. The summed E-state index contributed by atoms with van der Waals surface area (Å²) in [7, 11) is 0.0521. The molecule has 0 bridgehead atoms. The molecule has 1 aromatic rings. The molecule has 1 rings (SSSR count). The number of benzene rings is 1. The van der Waals surface area contributed by atoms with Crippen LogP contribution >= 0.6 is 0 Å². The van der Waals surface area contributed by atoms with Gasteiger partial charge in [-0.05, 0) is 18.1 Å². The highest BCUT2D eigenvalue weighted by atomic mass is 16.4. The number of carbonyl (C=O) groups is 2. The van der Waals surface area contributed by atoms with Gasteiger partial charge in [0.2, 0.25) is 0 Å². The molecule has 0 aliphatic rings. The molecule has 0 fully saturated rings. The van der Waals surface area contributed by atoms with Crippen LogP contribution in [0.3, 0.4) is 0 Å². The molecule has 0 aromatic heterocycles. The predicted molar refractivity (Wildman–Crippen MR) is 79.1 cm³/mol. The van der Waals surface area contributed by atoms with Crippen LogP contribution in [0.1, 0.15) is 5.56 Å². The van der Waals surface area contributed by atoms with Crippen molar-refractivity contribution in [3.63, 3.8) is 0 Å². The van der Waals surface area contributed by atoms with E-state index in [-0.39, 0.29) is 13.1 Å². The average Bonchev–Trinajstić information content (AvgIpc) is 2.37. The smallest absolute Gasteiger partial charge is 0.480 e. The fourth-order valence-corrected chi connectivity index (χ4v) is 1.32. The first-order valence-corrected chi connectivity index (χ1v) is 5.97. The minimum absolute atomic E-state index is 0.244. The number of aliphatic carboxylic acids is 2. The molecule has 0 aliphatic carbocycles. The van der Waals surface area contributed by atoms with E-state index in [0.29, 0.717) is 5.46 Å². The largest absolute Gasteiger partial charge is 0.488 e. The minimum atomic E-state index is -1.38. The standard InChI is InChI=1S/C8H9BO2.C5H9NO4/c1-2-7-3-5-8(6-4-7)9(10)11;1-6(2-4(7)8)3-5(9)10/h2-6,10-11H,1H2;2-3H2,1H3,(H,7,8)(H,9,10). The molecular formula is C13H18BNO6. The third-order valence-electron chi connectivity index (χ3n) is 2.28. The molecule has 21 heavy (non-hydrogen) atoms.